The monoisotopic (exact) mass is 475 g/mol. The molecule has 170 valence electrons. The van der Waals surface area contributed by atoms with Gasteiger partial charge in [-0.2, -0.15) is 5.26 Å². The zero-order valence-corrected chi connectivity index (χ0v) is 18.7. The number of aromatic nitrogens is 5. The molecule has 4 aromatic rings. The molecule has 1 aromatic carbocycles. The van der Waals surface area contributed by atoms with Crippen LogP contribution < -0.4 is 21.7 Å². The molecule has 4 rings (SSSR count). The molecule has 0 aliphatic heterocycles. The summed E-state index contributed by atoms with van der Waals surface area (Å²) in [6.45, 7) is 2.01. The lowest BCUT2D eigenvalue weighted by Crippen LogP contribution is -2.49. The molecule has 1 N–H and O–H groups in total. The molecule has 0 bridgehead atoms. The number of halogens is 1. The van der Waals surface area contributed by atoms with Gasteiger partial charge in [-0.3, -0.25) is 14.5 Å². The Kier molecular flexibility index (Phi) is 6.66. The van der Waals surface area contributed by atoms with E-state index in [1.807, 2.05) is 6.07 Å². The Morgan fingerprint density at radius 1 is 1.03 bits per heavy atom. The third kappa shape index (κ3) is 5.11. The van der Waals surface area contributed by atoms with Crippen LogP contribution in [0.1, 0.15) is 18.3 Å². The number of pyridine rings is 2. The predicted octanol–water partition coefficient (Wildman–Crippen LogP) is 2.75. The smallest absolute Gasteiger partial charge is 0.335 e. The minimum Gasteiger partial charge on any atom is -0.456 e. The van der Waals surface area contributed by atoms with Crippen molar-refractivity contribution in [2.24, 2.45) is 4.99 Å². The molecule has 11 heteroatoms. The summed E-state index contributed by atoms with van der Waals surface area (Å²) < 4.78 is 8.14. The maximum absolute atomic E-state index is 13.0. The van der Waals surface area contributed by atoms with Crippen LogP contribution in [0.2, 0.25) is 5.02 Å². The molecule has 3 aromatic heterocycles. The largest absolute Gasteiger partial charge is 0.456 e. The standard InChI is InChI=1S/C23H18ClN7O3/c1-2-30-22(32)29-21(31(23(30)33)14-18-4-3-15(24)12-26-18)28-16-5-8-19(9-6-16)34-20-10-7-17(11-25)27-13-20/h3-10,12-13H,2,14H2,1H3,(H,28,29,32). The van der Waals surface area contributed by atoms with Crippen LogP contribution in [0, 0.1) is 11.3 Å². The minimum atomic E-state index is -0.556. The number of nitrogens with one attached hydrogen (secondary N) is 1. The summed E-state index contributed by atoms with van der Waals surface area (Å²) in [7, 11) is 0. The fraction of sp³-hybridized carbons (Fsp3) is 0.130. The van der Waals surface area contributed by atoms with Gasteiger partial charge in [0.15, 0.2) is 0 Å². The fourth-order valence-corrected chi connectivity index (χ4v) is 3.19. The summed E-state index contributed by atoms with van der Waals surface area (Å²) in [5.74, 6) is 1.00. The van der Waals surface area contributed by atoms with Crippen molar-refractivity contribution in [1.82, 2.24) is 24.1 Å². The number of hydrogen-bond donors (Lipinski definition) is 1. The second-order valence-electron chi connectivity index (χ2n) is 7.03. The Morgan fingerprint density at radius 3 is 2.41 bits per heavy atom. The predicted molar refractivity (Wildman–Crippen MR) is 124 cm³/mol. The number of ether oxygens (including phenoxy) is 1. The van der Waals surface area contributed by atoms with E-state index < -0.39 is 11.4 Å². The summed E-state index contributed by atoms with van der Waals surface area (Å²) in [4.78, 5) is 40.7. The van der Waals surface area contributed by atoms with Gasteiger partial charge >= 0.3 is 11.4 Å². The Bertz CT molecular complexity index is 1530. The zero-order valence-electron chi connectivity index (χ0n) is 18.0. The van der Waals surface area contributed by atoms with Gasteiger partial charge in [-0.1, -0.05) is 11.6 Å². The third-order valence-electron chi connectivity index (χ3n) is 4.76. The highest BCUT2D eigenvalue weighted by atomic mass is 35.5. The lowest BCUT2D eigenvalue weighted by Gasteiger charge is -2.09. The second kappa shape index (κ2) is 9.97. The SMILES string of the molecule is CCn1c(=O)[nH]/c(=N\c2ccc(Oc3ccc(C#N)nc3)cc2)n(Cc2ccc(Cl)cn2)c1=O. The highest BCUT2D eigenvalue weighted by molar-refractivity contribution is 6.30. The summed E-state index contributed by atoms with van der Waals surface area (Å²) >= 11 is 5.90. The Balaban J connectivity index is 1.68. The van der Waals surface area contributed by atoms with Gasteiger partial charge in [0, 0.05) is 12.7 Å². The van der Waals surface area contributed by atoms with E-state index >= 15 is 0 Å². The van der Waals surface area contributed by atoms with Gasteiger partial charge in [0.1, 0.15) is 23.3 Å². The Labute approximate surface area is 198 Å². The van der Waals surface area contributed by atoms with Gasteiger partial charge in [0.2, 0.25) is 5.62 Å². The van der Waals surface area contributed by atoms with E-state index in [2.05, 4.69) is 19.9 Å². The van der Waals surface area contributed by atoms with E-state index in [4.69, 9.17) is 21.6 Å². The van der Waals surface area contributed by atoms with Gasteiger partial charge in [0.05, 0.1) is 29.1 Å². The van der Waals surface area contributed by atoms with Crippen molar-refractivity contribution in [3.05, 3.63) is 104 Å². The first-order valence-corrected chi connectivity index (χ1v) is 10.6. The third-order valence-corrected chi connectivity index (χ3v) is 4.99. The van der Waals surface area contributed by atoms with E-state index in [0.29, 0.717) is 33.6 Å². The van der Waals surface area contributed by atoms with Gasteiger partial charge < -0.3 is 4.74 Å². The van der Waals surface area contributed by atoms with Crippen LogP contribution in [0.15, 0.2) is 75.5 Å². The maximum Gasteiger partial charge on any atom is 0.335 e. The molecule has 0 saturated carbocycles. The van der Waals surface area contributed by atoms with Crippen molar-refractivity contribution < 1.29 is 4.74 Å². The van der Waals surface area contributed by atoms with Crippen LogP contribution in [-0.2, 0) is 13.1 Å². The summed E-state index contributed by atoms with van der Waals surface area (Å²) in [5, 5.41) is 9.31. The molecular weight excluding hydrogens is 458 g/mol. The molecule has 0 aliphatic carbocycles. The molecule has 0 unspecified atom stereocenters. The summed E-state index contributed by atoms with van der Waals surface area (Å²) in [5.41, 5.74) is 0.392. The van der Waals surface area contributed by atoms with Gasteiger partial charge in [-0.15, -0.1) is 0 Å². The fourth-order valence-electron chi connectivity index (χ4n) is 3.08. The summed E-state index contributed by atoms with van der Waals surface area (Å²) in [6, 6.07) is 15.3. The van der Waals surface area contributed by atoms with Crippen LogP contribution >= 0.6 is 11.6 Å². The second-order valence-corrected chi connectivity index (χ2v) is 7.47. The number of hydrogen-bond acceptors (Lipinski definition) is 7. The zero-order chi connectivity index (χ0) is 24.1. The lowest BCUT2D eigenvalue weighted by atomic mass is 10.3. The maximum atomic E-state index is 13.0. The van der Waals surface area contributed by atoms with Crippen molar-refractivity contribution in [2.75, 3.05) is 0 Å². The highest BCUT2D eigenvalue weighted by Gasteiger charge is 2.09. The first-order valence-electron chi connectivity index (χ1n) is 10.2. The van der Waals surface area contributed by atoms with Crippen molar-refractivity contribution >= 4 is 17.3 Å². The number of H-pyrrole nitrogens is 1. The Hall–Kier alpha value is -4.49. The van der Waals surface area contributed by atoms with Crippen molar-refractivity contribution in [2.45, 2.75) is 20.0 Å². The van der Waals surface area contributed by atoms with Crippen LogP contribution in [-0.4, -0.2) is 24.1 Å². The van der Waals surface area contributed by atoms with E-state index in [1.165, 1.54) is 17.0 Å². The van der Waals surface area contributed by atoms with Crippen molar-refractivity contribution in [1.29, 1.82) is 5.26 Å². The number of nitrogens with zero attached hydrogens (tertiary/aromatic N) is 6. The van der Waals surface area contributed by atoms with E-state index in [1.54, 1.807) is 55.5 Å². The lowest BCUT2D eigenvalue weighted by molar-refractivity contribution is 0.480. The Morgan fingerprint density at radius 2 is 1.79 bits per heavy atom. The summed E-state index contributed by atoms with van der Waals surface area (Å²) in [6.07, 6.45) is 2.94. The molecule has 3 heterocycles. The molecule has 0 atom stereocenters. The van der Waals surface area contributed by atoms with E-state index in [9.17, 15) is 9.59 Å². The topological polar surface area (TPSA) is 131 Å². The molecule has 0 spiro atoms. The molecule has 0 amide bonds. The van der Waals surface area contributed by atoms with Gasteiger partial charge in [-0.05, 0) is 55.5 Å². The van der Waals surface area contributed by atoms with Crippen LogP contribution in [0.5, 0.6) is 11.5 Å². The van der Waals surface area contributed by atoms with Gasteiger partial charge in [0.25, 0.3) is 0 Å². The molecule has 0 aliphatic rings. The average Bonchev–Trinajstić information content (AvgIpc) is 2.84. The van der Waals surface area contributed by atoms with E-state index in [0.717, 1.165) is 4.57 Å². The molecule has 10 nitrogen and oxygen atoms in total. The molecular formula is C23H18ClN7O3. The van der Waals surface area contributed by atoms with Crippen molar-refractivity contribution in [3.8, 4) is 17.6 Å². The molecule has 34 heavy (non-hydrogen) atoms. The normalized spacial score (nSPS) is 11.3. The number of aromatic amines is 1. The molecule has 0 saturated heterocycles. The first-order chi connectivity index (χ1) is 16.5. The van der Waals surface area contributed by atoms with Gasteiger partial charge in [-0.25, -0.2) is 24.1 Å². The average molecular weight is 476 g/mol. The van der Waals surface area contributed by atoms with Crippen molar-refractivity contribution in [3.63, 3.8) is 0 Å². The van der Waals surface area contributed by atoms with Crippen LogP contribution in [0.4, 0.5) is 5.69 Å². The number of nitriles is 1. The highest BCUT2D eigenvalue weighted by Crippen LogP contribution is 2.23. The number of rotatable bonds is 6. The first kappa shape index (κ1) is 22.7. The molecule has 0 radical (unpaired) electrons. The quantitative estimate of drug-likeness (QED) is 0.456. The minimum absolute atomic E-state index is 0.0846. The number of benzene rings is 1. The van der Waals surface area contributed by atoms with Crippen LogP contribution in [0.3, 0.4) is 0 Å². The van der Waals surface area contributed by atoms with E-state index in [-0.39, 0.29) is 18.7 Å². The molecule has 0 fully saturated rings. The van der Waals surface area contributed by atoms with Crippen LogP contribution in [0.25, 0.3) is 0 Å².